The van der Waals surface area contributed by atoms with Gasteiger partial charge in [-0.1, -0.05) is 50.5 Å². The Kier molecular flexibility index (Phi) is 6.80. The van der Waals surface area contributed by atoms with E-state index in [2.05, 4.69) is 27.5 Å². The third-order valence-corrected chi connectivity index (χ3v) is 5.24. The third-order valence-electron chi connectivity index (χ3n) is 5.24. The molecule has 156 valence electrons. The van der Waals surface area contributed by atoms with Crippen LogP contribution >= 0.6 is 0 Å². The van der Waals surface area contributed by atoms with Crippen molar-refractivity contribution in [2.75, 3.05) is 13.2 Å². The van der Waals surface area contributed by atoms with Crippen LogP contribution in [0.3, 0.4) is 0 Å². The number of para-hydroxylation sites is 1. The maximum Gasteiger partial charge on any atom is 0.122 e. The van der Waals surface area contributed by atoms with E-state index < -0.39 is 0 Å². The maximum absolute atomic E-state index is 5.96. The highest BCUT2D eigenvalue weighted by Crippen LogP contribution is 2.23. The molecule has 0 spiro atoms. The van der Waals surface area contributed by atoms with E-state index in [4.69, 9.17) is 9.47 Å². The zero-order chi connectivity index (χ0) is 20.6. The van der Waals surface area contributed by atoms with Crippen molar-refractivity contribution >= 4 is 21.9 Å². The van der Waals surface area contributed by atoms with Gasteiger partial charge in [0.2, 0.25) is 0 Å². The van der Waals surface area contributed by atoms with Crippen molar-refractivity contribution in [3.8, 4) is 11.5 Å². The summed E-state index contributed by atoms with van der Waals surface area (Å²) in [6, 6.07) is 16.1. The zero-order valence-corrected chi connectivity index (χ0v) is 17.6. The van der Waals surface area contributed by atoms with Crippen LogP contribution in [-0.4, -0.2) is 27.7 Å². The Balaban J connectivity index is 1.30. The lowest BCUT2D eigenvalue weighted by Crippen LogP contribution is -2.04. The summed E-state index contributed by atoms with van der Waals surface area (Å²) in [5.41, 5.74) is 3.06. The van der Waals surface area contributed by atoms with Crippen molar-refractivity contribution in [2.45, 2.75) is 45.6 Å². The number of rotatable bonds is 11. The molecule has 0 bridgehead atoms. The predicted molar refractivity (Wildman–Crippen MR) is 121 cm³/mol. The van der Waals surface area contributed by atoms with Crippen LogP contribution in [0, 0.1) is 0 Å². The standard InChI is InChI=1S/C25H29N3O2/c1-2-3-4-7-15-29-20-10-8-11-21(17-20)30-16-9-14-28-19-27-24-18-26-23-13-6-5-12-22(23)25(24)28/h5-6,8,10-13,17-19H,2-4,7,9,14-16H2,1H3. The minimum absolute atomic E-state index is 0.642. The normalized spacial score (nSPS) is 11.2. The van der Waals surface area contributed by atoms with E-state index in [-0.39, 0.29) is 0 Å². The Morgan fingerprint density at radius 3 is 2.43 bits per heavy atom. The summed E-state index contributed by atoms with van der Waals surface area (Å²) >= 11 is 0. The van der Waals surface area contributed by atoms with Crippen molar-refractivity contribution in [3.63, 3.8) is 0 Å². The predicted octanol–water partition coefficient (Wildman–Crippen LogP) is 6.01. The Hall–Kier alpha value is -3.08. The number of aryl methyl sites for hydroxylation is 1. The van der Waals surface area contributed by atoms with Gasteiger partial charge in [-0.3, -0.25) is 4.98 Å². The number of hydrogen-bond donors (Lipinski definition) is 0. The van der Waals surface area contributed by atoms with Gasteiger partial charge < -0.3 is 14.0 Å². The largest absolute Gasteiger partial charge is 0.493 e. The van der Waals surface area contributed by atoms with Gasteiger partial charge in [0.05, 0.1) is 36.8 Å². The summed E-state index contributed by atoms with van der Waals surface area (Å²) in [4.78, 5) is 9.00. The molecule has 0 amide bonds. The molecule has 0 aliphatic carbocycles. The SMILES string of the molecule is CCCCCCOc1cccc(OCCCn2cnc3cnc4ccccc4c32)c1. The number of pyridine rings is 1. The molecule has 0 atom stereocenters. The summed E-state index contributed by atoms with van der Waals surface area (Å²) < 4.78 is 14.0. The Labute approximate surface area is 177 Å². The fourth-order valence-corrected chi connectivity index (χ4v) is 3.67. The van der Waals surface area contributed by atoms with Crippen LogP contribution in [0.15, 0.2) is 61.1 Å². The van der Waals surface area contributed by atoms with Crippen LogP contribution in [0.4, 0.5) is 0 Å². The molecule has 4 aromatic rings. The highest BCUT2D eigenvalue weighted by Gasteiger charge is 2.08. The summed E-state index contributed by atoms with van der Waals surface area (Å²) in [6.45, 7) is 4.47. The number of fused-ring (bicyclic) bond motifs is 3. The van der Waals surface area contributed by atoms with Gasteiger partial charge in [-0.15, -0.1) is 0 Å². The minimum atomic E-state index is 0.642. The first-order chi connectivity index (χ1) is 14.8. The van der Waals surface area contributed by atoms with Crippen LogP contribution in [0.2, 0.25) is 0 Å². The van der Waals surface area contributed by atoms with Gasteiger partial charge in [0.1, 0.15) is 17.0 Å². The molecular weight excluding hydrogens is 374 g/mol. The number of nitrogens with zero attached hydrogens (tertiary/aromatic N) is 3. The van der Waals surface area contributed by atoms with Crippen molar-refractivity contribution in [3.05, 3.63) is 61.1 Å². The van der Waals surface area contributed by atoms with Gasteiger partial charge in [-0.05, 0) is 31.0 Å². The summed E-state index contributed by atoms with van der Waals surface area (Å²) in [6.07, 6.45) is 9.47. The lowest BCUT2D eigenvalue weighted by atomic mass is 10.2. The molecule has 0 radical (unpaired) electrons. The third kappa shape index (κ3) is 4.90. The molecule has 4 rings (SSSR count). The van der Waals surface area contributed by atoms with Gasteiger partial charge in [0, 0.05) is 18.0 Å². The molecule has 0 saturated carbocycles. The maximum atomic E-state index is 5.96. The molecule has 5 heteroatoms. The van der Waals surface area contributed by atoms with Gasteiger partial charge in [0.15, 0.2) is 0 Å². The number of ether oxygens (including phenoxy) is 2. The van der Waals surface area contributed by atoms with E-state index in [1.54, 1.807) is 0 Å². The highest BCUT2D eigenvalue weighted by atomic mass is 16.5. The average Bonchev–Trinajstić information content (AvgIpc) is 3.20. The van der Waals surface area contributed by atoms with Gasteiger partial charge >= 0.3 is 0 Å². The molecule has 0 aliphatic heterocycles. The quantitative estimate of drug-likeness (QED) is 0.288. The first-order valence-corrected chi connectivity index (χ1v) is 10.9. The molecule has 0 N–H and O–H groups in total. The van der Waals surface area contributed by atoms with Crippen LogP contribution in [0.25, 0.3) is 21.9 Å². The van der Waals surface area contributed by atoms with E-state index in [1.165, 1.54) is 19.3 Å². The van der Waals surface area contributed by atoms with E-state index in [1.807, 2.05) is 55.0 Å². The summed E-state index contributed by atoms with van der Waals surface area (Å²) in [5.74, 6) is 1.73. The molecule has 30 heavy (non-hydrogen) atoms. The fourth-order valence-electron chi connectivity index (χ4n) is 3.67. The number of unbranched alkanes of at least 4 members (excludes halogenated alkanes) is 3. The number of aromatic nitrogens is 3. The average molecular weight is 404 g/mol. The van der Waals surface area contributed by atoms with Gasteiger partial charge in [-0.2, -0.15) is 0 Å². The Morgan fingerprint density at radius 1 is 0.800 bits per heavy atom. The molecule has 0 aliphatic rings. The second-order valence-electron chi connectivity index (χ2n) is 7.53. The van der Waals surface area contributed by atoms with Crippen molar-refractivity contribution in [2.24, 2.45) is 0 Å². The van der Waals surface area contributed by atoms with Gasteiger partial charge in [0.25, 0.3) is 0 Å². The molecule has 0 saturated heterocycles. The molecule has 5 nitrogen and oxygen atoms in total. The highest BCUT2D eigenvalue weighted by molar-refractivity contribution is 6.01. The van der Waals surface area contributed by atoms with Crippen LogP contribution in [-0.2, 0) is 6.54 Å². The van der Waals surface area contributed by atoms with Crippen molar-refractivity contribution in [1.29, 1.82) is 0 Å². The van der Waals surface area contributed by atoms with Crippen LogP contribution < -0.4 is 9.47 Å². The molecule has 2 aromatic carbocycles. The number of benzene rings is 2. The number of imidazole rings is 1. The second-order valence-corrected chi connectivity index (χ2v) is 7.53. The van der Waals surface area contributed by atoms with Gasteiger partial charge in [-0.25, -0.2) is 4.98 Å². The molecule has 2 heterocycles. The van der Waals surface area contributed by atoms with E-state index in [0.717, 1.165) is 59.4 Å². The lowest BCUT2D eigenvalue weighted by molar-refractivity contribution is 0.289. The van der Waals surface area contributed by atoms with Crippen molar-refractivity contribution in [1.82, 2.24) is 14.5 Å². The number of hydrogen-bond acceptors (Lipinski definition) is 4. The van der Waals surface area contributed by atoms with Crippen LogP contribution in [0.1, 0.15) is 39.0 Å². The molecule has 0 unspecified atom stereocenters. The smallest absolute Gasteiger partial charge is 0.122 e. The van der Waals surface area contributed by atoms with Crippen molar-refractivity contribution < 1.29 is 9.47 Å². The summed E-state index contributed by atoms with van der Waals surface area (Å²) in [5, 5.41) is 1.14. The van der Waals surface area contributed by atoms with E-state index in [0.29, 0.717) is 6.61 Å². The topological polar surface area (TPSA) is 49.2 Å². The monoisotopic (exact) mass is 403 g/mol. The van der Waals surface area contributed by atoms with E-state index in [9.17, 15) is 0 Å². The molecule has 2 aromatic heterocycles. The Bertz CT molecular complexity index is 1090. The van der Waals surface area contributed by atoms with Crippen LogP contribution in [0.5, 0.6) is 11.5 Å². The lowest BCUT2D eigenvalue weighted by Gasteiger charge is -2.10. The van der Waals surface area contributed by atoms with E-state index >= 15 is 0 Å². The molecular formula is C25H29N3O2. The zero-order valence-electron chi connectivity index (χ0n) is 17.6. The first-order valence-electron chi connectivity index (χ1n) is 10.9. The molecule has 0 fully saturated rings. The fraction of sp³-hybridized carbons (Fsp3) is 0.360. The second kappa shape index (κ2) is 10.1. The first kappa shape index (κ1) is 20.2. The Morgan fingerprint density at radius 2 is 1.60 bits per heavy atom. The summed E-state index contributed by atoms with van der Waals surface area (Å²) in [7, 11) is 0. The minimum Gasteiger partial charge on any atom is -0.493 e.